The molecule has 0 aliphatic carbocycles. The van der Waals surface area contributed by atoms with E-state index in [-0.39, 0.29) is 0 Å². The van der Waals surface area contributed by atoms with Crippen LogP contribution in [-0.4, -0.2) is 29.2 Å². The lowest BCUT2D eigenvalue weighted by molar-refractivity contribution is 0.110. The Kier molecular flexibility index (Phi) is 4.34. The third-order valence-electron chi connectivity index (χ3n) is 2.84. The average molecular weight is 300 g/mol. The van der Waals surface area contributed by atoms with Crippen LogP contribution in [0.15, 0.2) is 4.47 Å². The highest BCUT2D eigenvalue weighted by Gasteiger charge is 2.18. The van der Waals surface area contributed by atoms with E-state index in [0.29, 0.717) is 6.10 Å². The third-order valence-corrected chi connectivity index (χ3v) is 3.79. The van der Waals surface area contributed by atoms with Crippen molar-refractivity contribution in [2.24, 2.45) is 0 Å². The van der Waals surface area contributed by atoms with Crippen molar-refractivity contribution >= 4 is 21.7 Å². The molecule has 2 heterocycles. The molecule has 5 heteroatoms. The molecule has 0 spiro atoms. The lowest BCUT2D eigenvalue weighted by Crippen LogP contribution is -2.14. The van der Waals surface area contributed by atoms with Crippen LogP contribution in [-0.2, 0) is 11.2 Å². The summed E-state index contributed by atoms with van der Waals surface area (Å²) < 4.78 is 6.57. The second-order valence-corrected chi connectivity index (χ2v) is 5.05. The molecule has 1 aromatic rings. The fourth-order valence-electron chi connectivity index (χ4n) is 2.00. The van der Waals surface area contributed by atoms with Crippen LogP contribution < -0.4 is 5.32 Å². The Morgan fingerprint density at radius 1 is 1.47 bits per heavy atom. The Balaban J connectivity index is 2.16. The van der Waals surface area contributed by atoms with Crippen LogP contribution in [0.2, 0.25) is 0 Å². The largest absolute Gasteiger partial charge is 0.378 e. The maximum absolute atomic E-state index is 5.61. The first kappa shape index (κ1) is 12.8. The van der Waals surface area contributed by atoms with Gasteiger partial charge in [-0.3, -0.25) is 0 Å². The topological polar surface area (TPSA) is 47.0 Å². The van der Waals surface area contributed by atoms with Crippen molar-refractivity contribution in [3.05, 3.63) is 16.0 Å². The van der Waals surface area contributed by atoms with Crippen molar-refractivity contribution in [2.75, 3.05) is 18.5 Å². The van der Waals surface area contributed by atoms with E-state index in [2.05, 4.69) is 38.1 Å². The van der Waals surface area contributed by atoms with Crippen molar-refractivity contribution in [2.45, 2.75) is 39.2 Å². The van der Waals surface area contributed by atoms with Gasteiger partial charge in [-0.2, -0.15) is 0 Å². The number of hydrogen-bond donors (Lipinski definition) is 1. The van der Waals surface area contributed by atoms with Gasteiger partial charge in [0.25, 0.3) is 0 Å². The zero-order valence-electron chi connectivity index (χ0n) is 10.3. The first-order chi connectivity index (χ1) is 8.20. The Morgan fingerprint density at radius 3 is 2.94 bits per heavy atom. The standard InChI is InChI=1S/C12H18BrN3O/c1-3-14-12-11(13)8(2)15-10(16-12)7-9-5-4-6-17-9/h9H,3-7H2,1-2H3,(H,14,15,16). The van der Waals surface area contributed by atoms with Crippen LogP contribution in [0.5, 0.6) is 0 Å². The number of aryl methyl sites for hydroxylation is 1. The number of rotatable bonds is 4. The summed E-state index contributed by atoms with van der Waals surface area (Å²) >= 11 is 3.51. The van der Waals surface area contributed by atoms with Crippen molar-refractivity contribution in [3.63, 3.8) is 0 Å². The normalized spacial score (nSPS) is 19.6. The Hall–Kier alpha value is -0.680. The molecule has 0 radical (unpaired) electrons. The van der Waals surface area contributed by atoms with Crippen LogP contribution in [0.3, 0.4) is 0 Å². The zero-order valence-corrected chi connectivity index (χ0v) is 11.9. The zero-order chi connectivity index (χ0) is 12.3. The first-order valence-corrected chi connectivity index (χ1v) is 6.88. The molecular weight excluding hydrogens is 282 g/mol. The molecule has 0 saturated carbocycles. The van der Waals surface area contributed by atoms with Crippen molar-refractivity contribution in [1.29, 1.82) is 0 Å². The maximum atomic E-state index is 5.61. The molecule has 0 aromatic carbocycles. The summed E-state index contributed by atoms with van der Waals surface area (Å²) in [6.07, 6.45) is 3.38. The molecule has 1 aliphatic heterocycles. The van der Waals surface area contributed by atoms with E-state index in [0.717, 1.165) is 54.2 Å². The van der Waals surface area contributed by atoms with Gasteiger partial charge < -0.3 is 10.1 Å². The van der Waals surface area contributed by atoms with E-state index in [4.69, 9.17) is 4.74 Å². The molecule has 1 aliphatic rings. The van der Waals surface area contributed by atoms with Gasteiger partial charge in [0.2, 0.25) is 0 Å². The van der Waals surface area contributed by atoms with Gasteiger partial charge in [0, 0.05) is 19.6 Å². The van der Waals surface area contributed by atoms with E-state index in [1.54, 1.807) is 0 Å². The number of nitrogens with zero attached hydrogens (tertiary/aromatic N) is 2. The molecule has 4 nitrogen and oxygen atoms in total. The minimum atomic E-state index is 0.296. The van der Waals surface area contributed by atoms with Crippen LogP contribution in [0.25, 0.3) is 0 Å². The summed E-state index contributed by atoms with van der Waals surface area (Å²) in [7, 11) is 0. The molecule has 1 fully saturated rings. The van der Waals surface area contributed by atoms with E-state index in [1.165, 1.54) is 0 Å². The minimum Gasteiger partial charge on any atom is -0.378 e. The fraction of sp³-hybridized carbons (Fsp3) is 0.667. The van der Waals surface area contributed by atoms with Gasteiger partial charge in [-0.25, -0.2) is 9.97 Å². The Morgan fingerprint density at radius 2 is 2.29 bits per heavy atom. The fourth-order valence-corrected chi connectivity index (χ4v) is 2.32. The van der Waals surface area contributed by atoms with Crippen molar-refractivity contribution < 1.29 is 4.74 Å². The molecule has 2 rings (SSSR count). The van der Waals surface area contributed by atoms with Gasteiger partial charge in [-0.05, 0) is 42.6 Å². The molecule has 0 amide bonds. The highest BCUT2D eigenvalue weighted by molar-refractivity contribution is 9.10. The Labute approximate surface area is 110 Å². The summed E-state index contributed by atoms with van der Waals surface area (Å²) in [5.41, 5.74) is 0.976. The SMILES string of the molecule is CCNc1nc(CC2CCCO2)nc(C)c1Br. The number of nitrogens with one attached hydrogen (secondary N) is 1. The molecule has 1 atom stereocenters. The van der Waals surface area contributed by atoms with Crippen molar-refractivity contribution in [3.8, 4) is 0 Å². The quantitative estimate of drug-likeness (QED) is 0.928. The van der Waals surface area contributed by atoms with Gasteiger partial charge in [0.15, 0.2) is 0 Å². The molecular formula is C12H18BrN3O. The molecule has 94 valence electrons. The number of anilines is 1. The van der Waals surface area contributed by atoms with E-state index in [1.807, 2.05) is 6.92 Å². The minimum absolute atomic E-state index is 0.296. The van der Waals surface area contributed by atoms with E-state index in [9.17, 15) is 0 Å². The van der Waals surface area contributed by atoms with E-state index < -0.39 is 0 Å². The molecule has 0 bridgehead atoms. The maximum Gasteiger partial charge on any atom is 0.144 e. The average Bonchev–Trinajstić information content (AvgIpc) is 2.78. The number of hydrogen-bond acceptors (Lipinski definition) is 4. The first-order valence-electron chi connectivity index (χ1n) is 6.09. The lowest BCUT2D eigenvalue weighted by Gasteiger charge is -2.12. The van der Waals surface area contributed by atoms with Gasteiger partial charge in [0.05, 0.1) is 16.3 Å². The molecule has 17 heavy (non-hydrogen) atoms. The predicted molar refractivity (Wildman–Crippen MR) is 71.3 cm³/mol. The summed E-state index contributed by atoms with van der Waals surface area (Å²) in [5.74, 6) is 1.75. The number of aromatic nitrogens is 2. The number of halogens is 1. The second-order valence-electron chi connectivity index (χ2n) is 4.26. The third kappa shape index (κ3) is 3.16. The summed E-state index contributed by atoms with van der Waals surface area (Å²) in [6.45, 7) is 5.78. The summed E-state index contributed by atoms with van der Waals surface area (Å²) in [5, 5.41) is 3.24. The molecule has 1 saturated heterocycles. The van der Waals surface area contributed by atoms with Crippen LogP contribution in [0.1, 0.15) is 31.3 Å². The molecule has 1 unspecified atom stereocenters. The predicted octanol–water partition coefficient (Wildman–Crippen LogP) is 2.70. The van der Waals surface area contributed by atoms with Gasteiger partial charge in [-0.15, -0.1) is 0 Å². The monoisotopic (exact) mass is 299 g/mol. The number of ether oxygens (including phenoxy) is 1. The summed E-state index contributed by atoms with van der Waals surface area (Å²) in [4.78, 5) is 9.04. The lowest BCUT2D eigenvalue weighted by atomic mass is 10.2. The molecule has 1 N–H and O–H groups in total. The van der Waals surface area contributed by atoms with Gasteiger partial charge in [0.1, 0.15) is 11.6 Å². The highest BCUT2D eigenvalue weighted by atomic mass is 79.9. The smallest absolute Gasteiger partial charge is 0.144 e. The van der Waals surface area contributed by atoms with Crippen LogP contribution >= 0.6 is 15.9 Å². The van der Waals surface area contributed by atoms with Gasteiger partial charge in [-0.1, -0.05) is 0 Å². The van der Waals surface area contributed by atoms with Crippen LogP contribution in [0.4, 0.5) is 5.82 Å². The van der Waals surface area contributed by atoms with Gasteiger partial charge >= 0.3 is 0 Å². The highest BCUT2D eigenvalue weighted by Crippen LogP contribution is 2.24. The second kappa shape index (κ2) is 5.78. The van der Waals surface area contributed by atoms with Crippen LogP contribution in [0, 0.1) is 6.92 Å². The molecule has 1 aromatic heterocycles. The van der Waals surface area contributed by atoms with E-state index >= 15 is 0 Å². The van der Waals surface area contributed by atoms with Crippen molar-refractivity contribution in [1.82, 2.24) is 9.97 Å². The summed E-state index contributed by atoms with van der Waals surface area (Å²) in [6, 6.07) is 0. The Bertz CT molecular complexity index is 392.